The highest BCUT2D eigenvalue weighted by Gasteiger charge is 2.37. The van der Waals surface area contributed by atoms with E-state index in [0.29, 0.717) is 12.0 Å². The molecule has 3 rings (SSSR count). The molecule has 0 saturated heterocycles. The van der Waals surface area contributed by atoms with Crippen LogP contribution in [0.2, 0.25) is 0 Å². The molecule has 6 nitrogen and oxygen atoms in total. The molecule has 1 aliphatic heterocycles. The molecule has 0 aromatic carbocycles. The Morgan fingerprint density at radius 2 is 2.09 bits per heavy atom. The zero-order chi connectivity index (χ0) is 16.3. The van der Waals surface area contributed by atoms with Crippen LogP contribution in [0, 0.1) is 11.3 Å². The summed E-state index contributed by atoms with van der Waals surface area (Å²) in [6.07, 6.45) is 7.58. The Bertz CT molecular complexity index is 555. The topological polar surface area (TPSA) is 67.1 Å². The molecular weight excluding hydrogens is 288 g/mol. The molecule has 0 atom stereocenters. The zero-order valence-electron chi connectivity index (χ0n) is 14.7. The second-order valence-corrected chi connectivity index (χ2v) is 7.52. The smallest absolute Gasteiger partial charge is 0.191 e. The van der Waals surface area contributed by atoms with Crippen molar-refractivity contribution in [3.8, 4) is 0 Å². The Balaban J connectivity index is 1.50. The van der Waals surface area contributed by atoms with Gasteiger partial charge < -0.3 is 15.2 Å². The van der Waals surface area contributed by atoms with E-state index in [1.165, 1.54) is 32.1 Å². The maximum Gasteiger partial charge on any atom is 0.191 e. The fraction of sp³-hybridized carbons (Fsp3) is 0.824. The molecule has 0 spiro atoms. The monoisotopic (exact) mass is 318 g/mol. The second-order valence-electron chi connectivity index (χ2n) is 7.52. The fourth-order valence-corrected chi connectivity index (χ4v) is 3.99. The van der Waals surface area contributed by atoms with Crippen molar-refractivity contribution >= 4 is 5.96 Å². The van der Waals surface area contributed by atoms with Crippen LogP contribution in [-0.2, 0) is 19.5 Å². The van der Waals surface area contributed by atoms with Crippen molar-refractivity contribution in [3.05, 3.63) is 11.6 Å². The number of nitrogens with one attached hydrogen (secondary N) is 2. The largest absolute Gasteiger partial charge is 0.356 e. The van der Waals surface area contributed by atoms with Gasteiger partial charge in [-0.25, -0.2) is 0 Å². The molecule has 1 fully saturated rings. The van der Waals surface area contributed by atoms with Gasteiger partial charge in [0.15, 0.2) is 11.8 Å². The van der Waals surface area contributed by atoms with Gasteiger partial charge in [0.05, 0.1) is 6.54 Å². The lowest BCUT2D eigenvalue weighted by Crippen LogP contribution is -2.47. The average Bonchev–Trinajstić information content (AvgIpc) is 3.08. The molecular formula is C17H30N6. The van der Waals surface area contributed by atoms with Gasteiger partial charge in [-0.3, -0.25) is 4.99 Å². The molecule has 2 aliphatic rings. The van der Waals surface area contributed by atoms with E-state index in [-0.39, 0.29) is 0 Å². The van der Waals surface area contributed by atoms with Crippen LogP contribution in [0.1, 0.15) is 57.6 Å². The predicted molar refractivity (Wildman–Crippen MR) is 92.3 cm³/mol. The molecule has 0 amide bonds. The number of nitrogens with zero attached hydrogens (tertiary/aromatic N) is 4. The summed E-state index contributed by atoms with van der Waals surface area (Å²) in [5.74, 6) is 3.76. The van der Waals surface area contributed by atoms with Gasteiger partial charge in [0, 0.05) is 26.6 Å². The van der Waals surface area contributed by atoms with E-state index in [1.807, 2.05) is 7.05 Å². The summed E-state index contributed by atoms with van der Waals surface area (Å²) in [4.78, 5) is 4.36. The van der Waals surface area contributed by atoms with E-state index >= 15 is 0 Å². The highest BCUT2D eigenvalue weighted by molar-refractivity contribution is 5.79. The molecule has 2 heterocycles. The number of aromatic nitrogens is 3. The van der Waals surface area contributed by atoms with E-state index in [0.717, 1.165) is 43.0 Å². The highest BCUT2D eigenvalue weighted by atomic mass is 15.3. The van der Waals surface area contributed by atoms with Gasteiger partial charge in [-0.1, -0.05) is 20.3 Å². The molecule has 0 bridgehead atoms. The lowest BCUT2D eigenvalue weighted by Gasteiger charge is -2.43. The number of aryl methyl sites for hydroxylation is 1. The Hall–Kier alpha value is -1.59. The summed E-state index contributed by atoms with van der Waals surface area (Å²) >= 11 is 0. The second kappa shape index (κ2) is 6.89. The summed E-state index contributed by atoms with van der Waals surface area (Å²) < 4.78 is 2.23. The number of hydrogen-bond donors (Lipinski definition) is 2. The normalized spacial score (nSPS) is 19.6. The Morgan fingerprint density at radius 1 is 1.26 bits per heavy atom. The predicted octanol–water partition coefficient (Wildman–Crippen LogP) is 2.11. The molecule has 0 radical (unpaired) electrons. The van der Waals surface area contributed by atoms with Crippen molar-refractivity contribution in [2.24, 2.45) is 16.3 Å². The van der Waals surface area contributed by atoms with Gasteiger partial charge in [0.1, 0.15) is 5.82 Å². The Labute approximate surface area is 139 Å². The first-order valence-corrected chi connectivity index (χ1v) is 8.97. The third kappa shape index (κ3) is 3.67. The SMILES string of the molecule is CN=C(NCc1nnc2n1CCC2)NCC1(CC(C)C)CCC1. The number of hydrogen-bond acceptors (Lipinski definition) is 3. The Morgan fingerprint density at radius 3 is 2.74 bits per heavy atom. The first-order valence-electron chi connectivity index (χ1n) is 8.97. The van der Waals surface area contributed by atoms with E-state index in [9.17, 15) is 0 Å². The van der Waals surface area contributed by atoms with E-state index < -0.39 is 0 Å². The van der Waals surface area contributed by atoms with Gasteiger partial charge in [-0.05, 0) is 37.0 Å². The number of guanidine groups is 1. The summed E-state index contributed by atoms with van der Waals surface area (Å²) in [6.45, 7) is 7.38. The number of fused-ring (bicyclic) bond motifs is 1. The van der Waals surface area contributed by atoms with Crippen molar-refractivity contribution in [1.82, 2.24) is 25.4 Å². The maximum absolute atomic E-state index is 4.36. The van der Waals surface area contributed by atoms with Crippen molar-refractivity contribution < 1.29 is 0 Å². The molecule has 23 heavy (non-hydrogen) atoms. The summed E-state index contributed by atoms with van der Waals surface area (Å²) in [7, 11) is 1.83. The molecule has 1 aromatic rings. The first kappa shape index (κ1) is 16.3. The van der Waals surface area contributed by atoms with Crippen LogP contribution in [0.15, 0.2) is 4.99 Å². The first-order chi connectivity index (χ1) is 11.1. The quantitative estimate of drug-likeness (QED) is 0.623. The van der Waals surface area contributed by atoms with Crippen molar-refractivity contribution in [2.45, 2.75) is 65.5 Å². The van der Waals surface area contributed by atoms with Gasteiger partial charge in [-0.2, -0.15) is 0 Å². The highest BCUT2D eigenvalue weighted by Crippen LogP contribution is 2.45. The van der Waals surface area contributed by atoms with Crippen LogP contribution in [0.4, 0.5) is 0 Å². The average molecular weight is 318 g/mol. The van der Waals surface area contributed by atoms with Crippen molar-refractivity contribution in [2.75, 3.05) is 13.6 Å². The van der Waals surface area contributed by atoms with Crippen LogP contribution in [0.5, 0.6) is 0 Å². The van der Waals surface area contributed by atoms with E-state index in [2.05, 4.69) is 44.2 Å². The van der Waals surface area contributed by atoms with Crippen LogP contribution >= 0.6 is 0 Å². The molecule has 1 saturated carbocycles. The minimum Gasteiger partial charge on any atom is -0.356 e. The maximum atomic E-state index is 4.36. The zero-order valence-corrected chi connectivity index (χ0v) is 14.7. The van der Waals surface area contributed by atoms with E-state index in [4.69, 9.17) is 0 Å². The minimum atomic E-state index is 0.474. The van der Waals surface area contributed by atoms with Gasteiger partial charge in [0.25, 0.3) is 0 Å². The lowest BCUT2D eigenvalue weighted by atomic mass is 9.64. The van der Waals surface area contributed by atoms with Crippen LogP contribution < -0.4 is 10.6 Å². The van der Waals surface area contributed by atoms with Gasteiger partial charge in [0.2, 0.25) is 0 Å². The molecule has 1 aliphatic carbocycles. The third-order valence-electron chi connectivity index (χ3n) is 5.21. The van der Waals surface area contributed by atoms with Crippen LogP contribution in [-0.4, -0.2) is 34.3 Å². The fourth-order valence-electron chi connectivity index (χ4n) is 3.99. The van der Waals surface area contributed by atoms with Gasteiger partial charge in [-0.15, -0.1) is 10.2 Å². The number of rotatable bonds is 6. The molecule has 2 N–H and O–H groups in total. The summed E-state index contributed by atoms with van der Waals surface area (Å²) in [5, 5.41) is 15.5. The van der Waals surface area contributed by atoms with Crippen LogP contribution in [0.25, 0.3) is 0 Å². The minimum absolute atomic E-state index is 0.474. The van der Waals surface area contributed by atoms with E-state index in [1.54, 1.807) is 0 Å². The standard InChI is InChI=1S/C17H30N6/c1-13(2)10-17(7-5-8-17)12-20-16(18-3)19-11-15-22-21-14-6-4-9-23(14)15/h13H,4-12H2,1-3H3,(H2,18,19,20). The molecule has 128 valence electrons. The molecule has 6 heteroatoms. The van der Waals surface area contributed by atoms with Crippen LogP contribution in [0.3, 0.4) is 0 Å². The molecule has 1 aromatic heterocycles. The van der Waals surface area contributed by atoms with Crippen molar-refractivity contribution in [1.29, 1.82) is 0 Å². The summed E-state index contributed by atoms with van der Waals surface area (Å²) in [6, 6.07) is 0. The summed E-state index contributed by atoms with van der Waals surface area (Å²) in [5.41, 5.74) is 0.474. The lowest BCUT2D eigenvalue weighted by molar-refractivity contribution is 0.104. The third-order valence-corrected chi connectivity index (χ3v) is 5.21. The van der Waals surface area contributed by atoms with Crippen molar-refractivity contribution in [3.63, 3.8) is 0 Å². The number of aliphatic imine (C=N–C) groups is 1. The van der Waals surface area contributed by atoms with Gasteiger partial charge >= 0.3 is 0 Å². The Kier molecular flexibility index (Phi) is 4.87. The molecule has 0 unspecified atom stereocenters.